The van der Waals surface area contributed by atoms with Gasteiger partial charge in [-0.05, 0) is 61.4 Å². The second-order valence-corrected chi connectivity index (χ2v) is 8.13. The summed E-state index contributed by atoms with van der Waals surface area (Å²) in [6.45, 7) is 3.27. The number of ether oxygens (including phenoxy) is 1. The van der Waals surface area contributed by atoms with Gasteiger partial charge in [0.15, 0.2) is 0 Å². The molecule has 4 rings (SSSR count). The van der Waals surface area contributed by atoms with Crippen LogP contribution in [0.25, 0.3) is 0 Å². The summed E-state index contributed by atoms with van der Waals surface area (Å²) in [4.78, 5) is 6.77. The Labute approximate surface area is 164 Å². The van der Waals surface area contributed by atoms with Gasteiger partial charge in [0.1, 0.15) is 11.6 Å². The Hall–Kier alpha value is -3.06. The number of hydrogen-bond acceptors (Lipinski definition) is 5. The molecule has 1 N–H and O–H groups in total. The number of fused-ring (bicyclic) bond motifs is 1. The van der Waals surface area contributed by atoms with E-state index in [1.54, 1.807) is 24.4 Å². The summed E-state index contributed by atoms with van der Waals surface area (Å²) in [6, 6.07) is 18.1. The van der Waals surface area contributed by atoms with E-state index in [-0.39, 0.29) is 4.90 Å². The highest BCUT2D eigenvalue weighted by Crippen LogP contribution is 2.33. The van der Waals surface area contributed by atoms with E-state index < -0.39 is 10.0 Å². The zero-order chi connectivity index (χ0) is 19.6. The number of nitrogens with zero attached hydrogens (tertiary/aromatic N) is 2. The number of aromatic nitrogens is 1. The summed E-state index contributed by atoms with van der Waals surface area (Å²) in [5.74, 6) is 1.44. The van der Waals surface area contributed by atoms with E-state index in [0.29, 0.717) is 18.0 Å². The molecule has 7 heteroatoms. The van der Waals surface area contributed by atoms with E-state index in [2.05, 4.69) is 26.7 Å². The van der Waals surface area contributed by atoms with Crippen LogP contribution in [0.3, 0.4) is 0 Å². The minimum absolute atomic E-state index is 0.175. The second-order valence-electron chi connectivity index (χ2n) is 6.45. The second kappa shape index (κ2) is 7.52. The molecule has 0 aliphatic carbocycles. The van der Waals surface area contributed by atoms with Crippen molar-refractivity contribution in [1.82, 2.24) is 4.98 Å². The highest BCUT2D eigenvalue weighted by atomic mass is 32.2. The Bertz CT molecular complexity index is 1060. The first-order chi connectivity index (χ1) is 13.6. The molecule has 0 spiro atoms. The van der Waals surface area contributed by atoms with Crippen LogP contribution in [-0.4, -0.2) is 26.6 Å². The molecule has 0 radical (unpaired) electrons. The third kappa shape index (κ3) is 3.66. The minimum atomic E-state index is -3.68. The molecule has 144 valence electrons. The summed E-state index contributed by atoms with van der Waals surface area (Å²) < 4.78 is 33.1. The SMILES string of the molecule is CCOc1ccc(S(=O)(=O)Nc2ccc(N3CCc4ccccc43)nc2)cc1. The first-order valence-corrected chi connectivity index (χ1v) is 10.6. The van der Waals surface area contributed by atoms with E-state index in [4.69, 9.17) is 4.74 Å². The van der Waals surface area contributed by atoms with Crippen molar-refractivity contribution in [3.05, 3.63) is 72.4 Å². The molecule has 0 bridgehead atoms. The molecular formula is C21H21N3O3S. The highest BCUT2D eigenvalue weighted by Gasteiger charge is 2.21. The van der Waals surface area contributed by atoms with Gasteiger partial charge in [0, 0.05) is 12.2 Å². The molecule has 1 aromatic heterocycles. The Kier molecular flexibility index (Phi) is 4.92. The lowest BCUT2D eigenvalue weighted by Crippen LogP contribution is -2.16. The molecule has 1 aliphatic heterocycles. The quantitative estimate of drug-likeness (QED) is 0.684. The first kappa shape index (κ1) is 18.3. The van der Waals surface area contributed by atoms with E-state index >= 15 is 0 Å². The first-order valence-electron chi connectivity index (χ1n) is 9.14. The highest BCUT2D eigenvalue weighted by molar-refractivity contribution is 7.92. The molecule has 0 unspecified atom stereocenters. The predicted molar refractivity (Wildman–Crippen MR) is 110 cm³/mol. The topological polar surface area (TPSA) is 71.5 Å². The van der Waals surface area contributed by atoms with Crippen LogP contribution in [0, 0.1) is 0 Å². The van der Waals surface area contributed by atoms with Gasteiger partial charge in [-0.1, -0.05) is 18.2 Å². The predicted octanol–water partition coefficient (Wildman–Crippen LogP) is 3.98. The number of benzene rings is 2. The molecule has 0 saturated heterocycles. The standard InChI is InChI=1S/C21H21N3O3S/c1-2-27-18-8-10-19(11-9-18)28(25,26)23-17-7-12-21(22-15-17)24-14-13-16-5-3-4-6-20(16)24/h3-12,15,23H,2,13-14H2,1H3. The van der Waals surface area contributed by atoms with Crippen LogP contribution >= 0.6 is 0 Å². The Morgan fingerprint density at radius 3 is 2.57 bits per heavy atom. The fourth-order valence-corrected chi connectivity index (χ4v) is 4.32. The van der Waals surface area contributed by atoms with Gasteiger partial charge in [-0.15, -0.1) is 0 Å². The molecule has 1 aliphatic rings. The van der Waals surface area contributed by atoms with Crippen LogP contribution in [0.2, 0.25) is 0 Å². The number of nitrogens with one attached hydrogen (secondary N) is 1. The van der Waals surface area contributed by atoms with Crippen LogP contribution in [0.1, 0.15) is 12.5 Å². The van der Waals surface area contributed by atoms with Crippen LogP contribution < -0.4 is 14.4 Å². The van der Waals surface area contributed by atoms with E-state index in [1.807, 2.05) is 25.1 Å². The van der Waals surface area contributed by atoms with Gasteiger partial charge in [0.25, 0.3) is 10.0 Å². The molecular weight excluding hydrogens is 374 g/mol. The molecule has 2 aromatic carbocycles. The Morgan fingerprint density at radius 1 is 1.07 bits per heavy atom. The lowest BCUT2D eigenvalue weighted by Gasteiger charge is -2.18. The van der Waals surface area contributed by atoms with Crippen LogP contribution in [-0.2, 0) is 16.4 Å². The fourth-order valence-electron chi connectivity index (χ4n) is 3.28. The van der Waals surface area contributed by atoms with Gasteiger partial charge in [0.05, 0.1) is 23.4 Å². The summed E-state index contributed by atoms with van der Waals surface area (Å²) in [5.41, 5.74) is 2.87. The summed E-state index contributed by atoms with van der Waals surface area (Å²) >= 11 is 0. The number of para-hydroxylation sites is 1. The number of sulfonamides is 1. The van der Waals surface area contributed by atoms with Crippen LogP contribution in [0.4, 0.5) is 17.2 Å². The number of hydrogen-bond donors (Lipinski definition) is 1. The van der Waals surface area contributed by atoms with Crippen molar-refractivity contribution < 1.29 is 13.2 Å². The third-order valence-corrected chi connectivity index (χ3v) is 6.01. The summed E-state index contributed by atoms with van der Waals surface area (Å²) in [6.07, 6.45) is 2.52. The largest absolute Gasteiger partial charge is 0.494 e. The fraction of sp³-hybridized carbons (Fsp3) is 0.190. The Morgan fingerprint density at radius 2 is 1.86 bits per heavy atom. The Balaban J connectivity index is 1.50. The summed E-state index contributed by atoms with van der Waals surface area (Å²) in [7, 11) is -3.68. The van der Waals surface area contributed by atoms with E-state index in [9.17, 15) is 8.42 Å². The van der Waals surface area contributed by atoms with Gasteiger partial charge in [0.2, 0.25) is 0 Å². The maximum absolute atomic E-state index is 12.6. The molecule has 3 aromatic rings. The van der Waals surface area contributed by atoms with Crippen molar-refractivity contribution in [3.8, 4) is 5.75 Å². The normalized spacial score (nSPS) is 13.2. The van der Waals surface area contributed by atoms with Gasteiger partial charge in [-0.2, -0.15) is 0 Å². The van der Waals surface area contributed by atoms with Crippen molar-refractivity contribution >= 4 is 27.2 Å². The van der Waals surface area contributed by atoms with E-state index in [0.717, 1.165) is 24.5 Å². The number of anilines is 3. The maximum atomic E-state index is 12.6. The maximum Gasteiger partial charge on any atom is 0.261 e. The molecule has 0 amide bonds. The third-order valence-electron chi connectivity index (χ3n) is 4.61. The van der Waals surface area contributed by atoms with Crippen molar-refractivity contribution in [2.75, 3.05) is 22.8 Å². The minimum Gasteiger partial charge on any atom is -0.494 e. The van der Waals surface area contributed by atoms with Crippen molar-refractivity contribution in [1.29, 1.82) is 0 Å². The molecule has 0 fully saturated rings. The van der Waals surface area contributed by atoms with Crippen molar-refractivity contribution in [2.24, 2.45) is 0 Å². The van der Waals surface area contributed by atoms with Crippen LogP contribution in [0.15, 0.2) is 71.8 Å². The summed E-state index contributed by atoms with van der Waals surface area (Å²) in [5, 5.41) is 0. The van der Waals surface area contributed by atoms with Gasteiger partial charge < -0.3 is 9.64 Å². The molecule has 2 heterocycles. The van der Waals surface area contributed by atoms with Gasteiger partial charge >= 0.3 is 0 Å². The monoisotopic (exact) mass is 395 g/mol. The average molecular weight is 395 g/mol. The van der Waals surface area contributed by atoms with Crippen molar-refractivity contribution in [3.63, 3.8) is 0 Å². The van der Waals surface area contributed by atoms with E-state index in [1.165, 1.54) is 17.7 Å². The average Bonchev–Trinajstić information content (AvgIpc) is 3.13. The lowest BCUT2D eigenvalue weighted by molar-refractivity contribution is 0.340. The zero-order valence-corrected chi connectivity index (χ0v) is 16.3. The number of rotatable bonds is 6. The van der Waals surface area contributed by atoms with Crippen LogP contribution in [0.5, 0.6) is 5.75 Å². The van der Waals surface area contributed by atoms with Crippen molar-refractivity contribution in [2.45, 2.75) is 18.2 Å². The van der Waals surface area contributed by atoms with Gasteiger partial charge in [-0.25, -0.2) is 13.4 Å². The molecule has 6 nitrogen and oxygen atoms in total. The number of pyridine rings is 1. The molecule has 0 atom stereocenters. The molecule has 28 heavy (non-hydrogen) atoms. The molecule has 0 saturated carbocycles. The lowest BCUT2D eigenvalue weighted by atomic mass is 10.2. The smallest absolute Gasteiger partial charge is 0.261 e. The van der Waals surface area contributed by atoms with Gasteiger partial charge in [-0.3, -0.25) is 4.72 Å². The zero-order valence-electron chi connectivity index (χ0n) is 15.5.